The summed E-state index contributed by atoms with van der Waals surface area (Å²) in [4.78, 5) is 2.23. The van der Waals surface area contributed by atoms with Crippen molar-refractivity contribution >= 4 is 17.4 Å². The predicted octanol–water partition coefficient (Wildman–Crippen LogP) is 2.98. The zero-order valence-corrected chi connectivity index (χ0v) is 11.0. The molecule has 2 rings (SSSR count). The van der Waals surface area contributed by atoms with Crippen LogP contribution in [0.25, 0.3) is 0 Å². The van der Waals surface area contributed by atoms with E-state index in [9.17, 15) is 0 Å². The summed E-state index contributed by atoms with van der Waals surface area (Å²) in [5.41, 5.74) is 2.16. The molecule has 0 spiro atoms. The Hall–Kier alpha value is -0.830. The Bertz CT molecular complexity index is 401. The Morgan fingerprint density at radius 2 is 1.88 bits per heavy atom. The third kappa shape index (κ3) is 2.01. The van der Waals surface area contributed by atoms with E-state index in [1.165, 1.54) is 12.8 Å². The van der Waals surface area contributed by atoms with Crippen molar-refractivity contribution in [2.24, 2.45) is 5.92 Å². The van der Waals surface area contributed by atoms with Gasteiger partial charge in [-0.1, -0.05) is 11.6 Å². The van der Waals surface area contributed by atoms with E-state index in [1.807, 2.05) is 6.92 Å². The third-order valence-corrected chi connectivity index (χ3v) is 4.05. The Balaban J connectivity index is 2.29. The van der Waals surface area contributed by atoms with Gasteiger partial charge in [0.05, 0.1) is 0 Å². The van der Waals surface area contributed by atoms with Crippen molar-refractivity contribution in [2.75, 3.05) is 11.9 Å². The Morgan fingerprint density at radius 3 is 2.44 bits per heavy atom. The fourth-order valence-corrected chi connectivity index (χ4v) is 2.17. The molecule has 1 unspecified atom stereocenters. The topological polar surface area (TPSA) is 29.0 Å². The summed E-state index contributed by atoms with van der Waals surface area (Å²) in [5.74, 6) is 1.78. The molecule has 1 aliphatic carbocycles. The lowest BCUT2D eigenvalue weighted by atomic mass is 10.1. The molecule has 1 atom stereocenters. The Kier molecular flexibility index (Phi) is 3.06. The summed E-state index contributed by atoms with van der Waals surface area (Å²) >= 11 is 5.95. The molecule has 0 aromatic carbocycles. The van der Waals surface area contributed by atoms with Gasteiger partial charge >= 0.3 is 0 Å². The summed E-state index contributed by atoms with van der Waals surface area (Å²) in [6, 6.07) is 0.536. The fourth-order valence-electron chi connectivity index (χ4n) is 1.99. The largest absolute Gasteiger partial charge is 0.355 e. The lowest BCUT2D eigenvalue weighted by molar-refractivity contribution is 0.599. The van der Waals surface area contributed by atoms with Crippen LogP contribution in [0.3, 0.4) is 0 Å². The molecule has 1 fully saturated rings. The number of halogens is 1. The molecule has 88 valence electrons. The lowest BCUT2D eigenvalue weighted by Gasteiger charge is -2.27. The van der Waals surface area contributed by atoms with Crippen molar-refractivity contribution in [2.45, 2.75) is 39.7 Å². The molecule has 1 heterocycles. The van der Waals surface area contributed by atoms with Crippen LogP contribution < -0.4 is 4.90 Å². The highest BCUT2D eigenvalue weighted by Gasteiger charge is 2.31. The van der Waals surface area contributed by atoms with Crippen LogP contribution in [-0.2, 0) is 0 Å². The monoisotopic (exact) mass is 239 g/mol. The quantitative estimate of drug-likeness (QED) is 0.812. The van der Waals surface area contributed by atoms with Gasteiger partial charge in [0.15, 0.2) is 11.0 Å². The van der Waals surface area contributed by atoms with Gasteiger partial charge in [-0.15, -0.1) is 10.2 Å². The van der Waals surface area contributed by atoms with E-state index >= 15 is 0 Å². The van der Waals surface area contributed by atoms with Crippen molar-refractivity contribution < 1.29 is 0 Å². The SMILES string of the molecule is Cc1c(Cl)nnc(N(C)C(C)C2CC2)c1C. The summed E-state index contributed by atoms with van der Waals surface area (Å²) in [6.45, 7) is 6.30. The lowest BCUT2D eigenvalue weighted by Crippen LogP contribution is -2.32. The molecular formula is C12H18ClN3. The maximum Gasteiger partial charge on any atom is 0.155 e. The molecule has 0 amide bonds. The van der Waals surface area contributed by atoms with Crippen molar-refractivity contribution in [1.82, 2.24) is 10.2 Å². The van der Waals surface area contributed by atoms with Gasteiger partial charge in [-0.25, -0.2) is 0 Å². The standard InChI is InChI=1S/C12H18ClN3/c1-7-8(2)12(15-14-11(7)13)16(4)9(3)10-5-6-10/h9-10H,5-6H2,1-4H3. The number of aromatic nitrogens is 2. The number of rotatable bonds is 3. The van der Waals surface area contributed by atoms with E-state index in [1.54, 1.807) is 0 Å². The van der Waals surface area contributed by atoms with E-state index in [0.29, 0.717) is 11.2 Å². The van der Waals surface area contributed by atoms with Crippen LogP contribution in [0, 0.1) is 19.8 Å². The summed E-state index contributed by atoms with van der Waals surface area (Å²) < 4.78 is 0. The van der Waals surface area contributed by atoms with Crippen molar-refractivity contribution in [3.05, 3.63) is 16.3 Å². The highest BCUT2D eigenvalue weighted by Crippen LogP contribution is 2.36. The number of hydrogen-bond donors (Lipinski definition) is 0. The summed E-state index contributed by atoms with van der Waals surface area (Å²) in [7, 11) is 2.09. The van der Waals surface area contributed by atoms with Gasteiger partial charge in [-0.2, -0.15) is 0 Å². The van der Waals surface area contributed by atoms with Crippen LogP contribution in [0.2, 0.25) is 5.15 Å². The predicted molar refractivity (Wildman–Crippen MR) is 67.1 cm³/mol. The molecule has 16 heavy (non-hydrogen) atoms. The second kappa shape index (κ2) is 4.21. The van der Waals surface area contributed by atoms with Crippen LogP contribution in [0.4, 0.5) is 5.82 Å². The van der Waals surface area contributed by atoms with Crippen LogP contribution in [-0.4, -0.2) is 23.3 Å². The van der Waals surface area contributed by atoms with Gasteiger partial charge in [0, 0.05) is 13.1 Å². The summed E-state index contributed by atoms with van der Waals surface area (Å²) in [6.07, 6.45) is 2.68. The zero-order chi connectivity index (χ0) is 11.9. The first kappa shape index (κ1) is 11.6. The molecule has 0 N–H and O–H groups in total. The van der Waals surface area contributed by atoms with Gasteiger partial charge in [0.25, 0.3) is 0 Å². The molecule has 0 bridgehead atoms. The molecule has 4 heteroatoms. The minimum Gasteiger partial charge on any atom is -0.355 e. The average Bonchev–Trinajstić information content (AvgIpc) is 3.08. The zero-order valence-electron chi connectivity index (χ0n) is 10.3. The van der Waals surface area contributed by atoms with E-state index in [0.717, 1.165) is 22.9 Å². The van der Waals surface area contributed by atoms with Gasteiger partial charge in [-0.05, 0) is 50.7 Å². The molecule has 1 saturated carbocycles. The van der Waals surface area contributed by atoms with Crippen molar-refractivity contribution in [3.63, 3.8) is 0 Å². The third-order valence-electron chi connectivity index (χ3n) is 3.69. The first-order valence-electron chi connectivity index (χ1n) is 5.74. The second-order valence-electron chi connectivity index (χ2n) is 4.75. The Morgan fingerprint density at radius 1 is 1.25 bits per heavy atom. The highest BCUT2D eigenvalue weighted by atomic mass is 35.5. The number of hydrogen-bond acceptors (Lipinski definition) is 3. The van der Waals surface area contributed by atoms with Gasteiger partial charge < -0.3 is 4.90 Å². The van der Waals surface area contributed by atoms with Crippen molar-refractivity contribution in [1.29, 1.82) is 0 Å². The van der Waals surface area contributed by atoms with Crippen LogP contribution >= 0.6 is 11.6 Å². The van der Waals surface area contributed by atoms with E-state index in [-0.39, 0.29) is 0 Å². The van der Waals surface area contributed by atoms with E-state index in [4.69, 9.17) is 11.6 Å². The molecule has 3 nitrogen and oxygen atoms in total. The minimum absolute atomic E-state index is 0.508. The fraction of sp³-hybridized carbons (Fsp3) is 0.667. The number of anilines is 1. The molecule has 1 aromatic rings. The average molecular weight is 240 g/mol. The molecule has 1 aromatic heterocycles. The highest BCUT2D eigenvalue weighted by molar-refractivity contribution is 6.30. The van der Waals surface area contributed by atoms with E-state index < -0.39 is 0 Å². The van der Waals surface area contributed by atoms with Gasteiger partial charge in [-0.3, -0.25) is 0 Å². The molecule has 1 aliphatic rings. The van der Waals surface area contributed by atoms with Crippen molar-refractivity contribution in [3.8, 4) is 0 Å². The van der Waals surface area contributed by atoms with Gasteiger partial charge in [0.2, 0.25) is 0 Å². The summed E-state index contributed by atoms with van der Waals surface area (Å²) in [5, 5.41) is 8.72. The van der Waals surface area contributed by atoms with Crippen LogP contribution in [0.5, 0.6) is 0 Å². The van der Waals surface area contributed by atoms with Crippen LogP contribution in [0.15, 0.2) is 0 Å². The smallest absolute Gasteiger partial charge is 0.155 e. The normalized spacial score (nSPS) is 17.3. The minimum atomic E-state index is 0.508. The van der Waals surface area contributed by atoms with Gasteiger partial charge in [0.1, 0.15) is 0 Å². The maximum atomic E-state index is 5.95. The second-order valence-corrected chi connectivity index (χ2v) is 5.11. The molecule has 0 radical (unpaired) electrons. The molecular weight excluding hydrogens is 222 g/mol. The van der Waals surface area contributed by atoms with E-state index in [2.05, 4.69) is 36.0 Å². The molecule has 0 saturated heterocycles. The maximum absolute atomic E-state index is 5.95. The molecule has 0 aliphatic heterocycles. The number of nitrogens with zero attached hydrogens (tertiary/aromatic N) is 3. The first-order chi connectivity index (χ1) is 7.52. The first-order valence-corrected chi connectivity index (χ1v) is 6.12. The Labute approximate surface area is 102 Å². The van der Waals surface area contributed by atoms with Crippen LogP contribution in [0.1, 0.15) is 30.9 Å².